The first-order valence-electron chi connectivity index (χ1n) is 7.66. The van der Waals surface area contributed by atoms with E-state index in [9.17, 15) is 8.42 Å². The van der Waals surface area contributed by atoms with E-state index in [0.717, 1.165) is 25.1 Å². The third-order valence-corrected chi connectivity index (χ3v) is 4.91. The van der Waals surface area contributed by atoms with E-state index in [4.69, 9.17) is 0 Å². The maximum absolute atomic E-state index is 12.2. The number of hydrogen-bond acceptors (Lipinski definition) is 3. The molecule has 120 valence electrons. The highest BCUT2D eigenvalue weighted by Gasteiger charge is 2.19. The van der Waals surface area contributed by atoms with Crippen LogP contribution in [-0.2, 0) is 22.3 Å². The summed E-state index contributed by atoms with van der Waals surface area (Å²) in [5.41, 5.74) is 1.99. The molecule has 0 saturated heterocycles. The molecule has 0 aromatic heterocycles. The largest absolute Gasteiger partial charge is 0.313 e. The zero-order valence-corrected chi connectivity index (χ0v) is 14.3. The monoisotopic (exact) mass is 312 g/mol. The number of hydrogen-bond donors (Lipinski definition) is 2. The third kappa shape index (κ3) is 6.59. The Hall–Kier alpha value is -0.910. The van der Waals surface area contributed by atoms with Crippen molar-refractivity contribution < 1.29 is 8.42 Å². The predicted octanol–water partition coefficient (Wildman–Crippen LogP) is 2.65. The van der Waals surface area contributed by atoms with Gasteiger partial charge in [0, 0.05) is 12.6 Å². The van der Waals surface area contributed by atoms with E-state index in [0.29, 0.717) is 5.92 Å². The maximum atomic E-state index is 12.2. The van der Waals surface area contributed by atoms with Gasteiger partial charge in [0.2, 0.25) is 10.0 Å². The Morgan fingerprint density at radius 3 is 2.10 bits per heavy atom. The number of nitrogens with one attached hydrogen (secondary N) is 2. The summed E-state index contributed by atoms with van der Waals surface area (Å²) >= 11 is 0. The van der Waals surface area contributed by atoms with Crippen molar-refractivity contribution in [2.24, 2.45) is 5.92 Å². The molecule has 0 amide bonds. The Bertz CT molecular complexity index is 510. The van der Waals surface area contributed by atoms with E-state index in [2.05, 4.69) is 17.0 Å². The van der Waals surface area contributed by atoms with Gasteiger partial charge in [-0.15, -0.1) is 0 Å². The van der Waals surface area contributed by atoms with Crippen molar-refractivity contribution in [3.63, 3.8) is 0 Å². The van der Waals surface area contributed by atoms with E-state index < -0.39 is 10.0 Å². The summed E-state index contributed by atoms with van der Waals surface area (Å²) in [6.07, 6.45) is 0.804. The zero-order chi connectivity index (χ0) is 15.9. The zero-order valence-electron chi connectivity index (χ0n) is 13.5. The van der Waals surface area contributed by atoms with E-state index in [1.165, 1.54) is 5.56 Å². The van der Waals surface area contributed by atoms with Crippen LogP contribution in [0, 0.1) is 5.92 Å². The molecule has 0 heterocycles. The highest BCUT2D eigenvalue weighted by atomic mass is 32.2. The minimum absolute atomic E-state index is 0.00280. The van der Waals surface area contributed by atoms with Gasteiger partial charge < -0.3 is 5.32 Å². The van der Waals surface area contributed by atoms with Gasteiger partial charge in [-0.2, -0.15) is 0 Å². The van der Waals surface area contributed by atoms with Crippen molar-refractivity contribution in [3.05, 3.63) is 35.4 Å². The van der Waals surface area contributed by atoms with Gasteiger partial charge in [0.15, 0.2) is 0 Å². The molecule has 1 atom stereocenters. The van der Waals surface area contributed by atoms with Gasteiger partial charge in [-0.05, 0) is 30.0 Å². The van der Waals surface area contributed by atoms with E-state index >= 15 is 0 Å². The topological polar surface area (TPSA) is 58.2 Å². The lowest BCUT2D eigenvalue weighted by Gasteiger charge is -2.20. The maximum Gasteiger partial charge on any atom is 0.216 e. The van der Waals surface area contributed by atoms with Crippen LogP contribution in [0.25, 0.3) is 0 Å². The summed E-state index contributed by atoms with van der Waals surface area (Å²) in [6, 6.07) is 7.74. The number of benzene rings is 1. The minimum atomic E-state index is -3.29. The van der Waals surface area contributed by atoms with Crippen LogP contribution < -0.4 is 10.0 Å². The highest BCUT2D eigenvalue weighted by molar-refractivity contribution is 7.88. The SMILES string of the molecule is CCNCc1ccc(CS(=O)(=O)NC(CC)C(C)C)cc1. The van der Waals surface area contributed by atoms with Gasteiger partial charge >= 0.3 is 0 Å². The second-order valence-electron chi connectivity index (χ2n) is 5.73. The van der Waals surface area contributed by atoms with E-state index in [1.54, 1.807) is 0 Å². The molecule has 0 aliphatic carbocycles. The van der Waals surface area contributed by atoms with Gasteiger partial charge in [-0.3, -0.25) is 0 Å². The van der Waals surface area contributed by atoms with E-state index in [-0.39, 0.29) is 11.8 Å². The Morgan fingerprint density at radius 1 is 1.05 bits per heavy atom. The first-order chi connectivity index (χ1) is 9.88. The Labute approximate surface area is 129 Å². The van der Waals surface area contributed by atoms with Crippen LogP contribution in [0.2, 0.25) is 0 Å². The molecule has 0 spiro atoms. The lowest BCUT2D eigenvalue weighted by atomic mass is 10.0. The Kier molecular flexibility index (Phi) is 7.35. The third-order valence-electron chi connectivity index (χ3n) is 3.53. The van der Waals surface area contributed by atoms with E-state index in [1.807, 2.05) is 45.0 Å². The quantitative estimate of drug-likeness (QED) is 0.737. The molecule has 0 aliphatic heterocycles. The van der Waals surface area contributed by atoms with Gasteiger partial charge in [0.25, 0.3) is 0 Å². The van der Waals surface area contributed by atoms with Gasteiger partial charge in [0.05, 0.1) is 5.75 Å². The van der Waals surface area contributed by atoms with Crippen molar-refractivity contribution in [3.8, 4) is 0 Å². The van der Waals surface area contributed by atoms with Crippen LogP contribution in [-0.4, -0.2) is 21.0 Å². The molecule has 0 fully saturated rings. The summed E-state index contributed by atoms with van der Waals surface area (Å²) in [5, 5.41) is 3.25. The van der Waals surface area contributed by atoms with Crippen LogP contribution in [0.1, 0.15) is 45.2 Å². The summed E-state index contributed by atoms with van der Waals surface area (Å²) in [4.78, 5) is 0. The molecular weight excluding hydrogens is 284 g/mol. The molecule has 0 bridgehead atoms. The van der Waals surface area contributed by atoms with Gasteiger partial charge in [-0.25, -0.2) is 13.1 Å². The second-order valence-corrected chi connectivity index (χ2v) is 7.49. The summed E-state index contributed by atoms with van der Waals surface area (Å²) in [5.74, 6) is 0.338. The average Bonchev–Trinajstić information content (AvgIpc) is 2.43. The molecule has 5 heteroatoms. The summed E-state index contributed by atoms with van der Waals surface area (Å²) < 4.78 is 27.2. The van der Waals surface area contributed by atoms with Gasteiger partial charge in [-0.1, -0.05) is 52.0 Å². The minimum Gasteiger partial charge on any atom is -0.313 e. The van der Waals surface area contributed by atoms with Crippen LogP contribution in [0.4, 0.5) is 0 Å². The lowest BCUT2D eigenvalue weighted by molar-refractivity contribution is 0.437. The van der Waals surface area contributed by atoms with Crippen molar-refractivity contribution in [1.29, 1.82) is 0 Å². The van der Waals surface area contributed by atoms with Crippen molar-refractivity contribution >= 4 is 10.0 Å². The van der Waals surface area contributed by atoms with Crippen molar-refractivity contribution in [1.82, 2.24) is 10.0 Å². The molecule has 4 nitrogen and oxygen atoms in total. The molecule has 1 aromatic rings. The molecule has 1 rings (SSSR count). The predicted molar refractivity (Wildman–Crippen MR) is 88.5 cm³/mol. The lowest BCUT2D eigenvalue weighted by Crippen LogP contribution is -2.38. The van der Waals surface area contributed by atoms with Gasteiger partial charge in [0.1, 0.15) is 0 Å². The standard InChI is InChI=1S/C16H28N2O2S/c1-5-16(13(3)4)18-21(19,20)12-15-9-7-14(8-10-15)11-17-6-2/h7-10,13,16-18H,5-6,11-12H2,1-4H3. The highest BCUT2D eigenvalue weighted by Crippen LogP contribution is 2.11. The van der Waals surface area contributed by atoms with Crippen LogP contribution in [0.5, 0.6) is 0 Å². The first-order valence-corrected chi connectivity index (χ1v) is 9.31. The fraction of sp³-hybridized carbons (Fsp3) is 0.625. The number of rotatable bonds is 9. The van der Waals surface area contributed by atoms with Crippen LogP contribution >= 0.6 is 0 Å². The molecule has 0 radical (unpaired) electrons. The number of sulfonamides is 1. The molecule has 1 unspecified atom stereocenters. The molecule has 0 aliphatic rings. The first kappa shape index (κ1) is 18.1. The normalized spacial score (nSPS) is 13.6. The second kappa shape index (κ2) is 8.51. The Balaban J connectivity index is 2.66. The molecule has 1 aromatic carbocycles. The fourth-order valence-electron chi connectivity index (χ4n) is 2.21. The summed E-state index contributed by atoms with van der Waals surface area (Å²) in [6.45, 7) is 9.87. The molecule has 21 heavy (non-hydrogen) atoms. The average molecular weight is 312 g/mol. The van der Waals surface area contributed by atoms with Crippen molar-refractivity contribution in [2.45, 2.75) is 52.5 Å². The smallest absolute Gasteiger partial charge is 0.216 e. The van der Waals surface area contributed by atoms with Crippen LogP contribution in [0.3, 0.4) is 0 Å². The molecule has 2 N–H and O–H groups in total. The molecular formula is C16H28N2O2S. The van der Waals surface area contributed by atoms with Crippen LogP contribution in [0.15, 0.2) is 24.3 Å². The molecule has 0 saturated carbocycles. The fourth-order valence-corrected chi connectivity index (χ4v) is 3.82. The summed E-state index contributed by atoms with van der Waals surface area (Å²) in [7, 11) is -3.29. The van der Waals surface area contributed by atoms with Crippen molar-refractivity contribution in [2.75, 3.05) is 6.54 Å². The Morgan fingerprint density at radius 2 is 1.62 bits per heavy atom.